The normalized spacial score (nSPS) is 14.3. The summed E-state index contributed by atoms with van der Waals surface area (Å²) in [6.07, 6.45) is 7.02. The highest BCUT2D eigenvalue weighted by atomic mass is 16.3. The molecule has 0 radical (unpaired) electrons. The number of amides is 1. The average molecular weight is 363 g/mol. The van der Waals surface area contributed by atoms with Crippen molar-refractivity contribution in [3.63, 3.8) is 0 Å². The predicted molar refractivity (Wildman–Crippen MR) is 105 cm³/mol. The van der Waals surface area contributed by atoms with Gasteiger partial charge in [0, 0.05) is 24.7 Å². The smallest absolute Gasteiger partial charge is 0.261 e. The van der Waals surface area contributed by atoms with E-state index in [9.17, 15) is 9.59 Å². The van der Waals surface area contributed by atoms with Crippen molar-refractivity contribution in [1.82, 2.24) is 9.55 Å². The summed E-state index contributed by atoms with van der Waals surface area (Å²) < 4.78 is 7.18. The van der Waals surface area contributed by atoms with Crippen molar-refractivity contribution in [2.45, 2.75) is 39.2 Å². The maximum Gasteiger partial charge on any atom is 0.261 e. The third-order valence-electron chi connectivity index (χ3n) is 4.74. The molecule has 4 rings (SSSR count). The maximum atomic E-state index is 12.9. The molecule has 0 spiro atoms. The molecule has 0 aliphatic carbocycles. The minimum atomic E-state index is -0.286. The zero-order valence-corrected chi connectivity index (χ0v) is 15.2. The summed E-state index contributed by atoms with van der Waals surface area (Å²) in [5.74, 6) is 1.98. The van der Waals surface area contributed by atoms with Gasteiger partial charge in [-0.3, -0.25) is 14.2 Å². The van der Waals surface area contributed by atoms with Gasteiger partial charge in [-0.1, -0.05) is 6.42 Å². The fourth-order valence-corrected chi connectivity index (χ4v) is 3.38. The zero-order chi connectivity index (χ0) is 18.8. The fraction of sp³-hybridized carbons (Fsp3) is 0.286. The number of furan rings is 1. The van der Waals surface area contributed by atoms with E-state index in [0.717, 1.165) is 37.3 Å². The molecule has 138 valence electrons. The molecule has 6 nitrogen and oxygen atoms in total. The Morgan fingerprint density at radius 1 is 1.22 bits per heavy atom. The Bertz CT molecular complexity index is 1090. The second-order valence-corrected chi connectivity index (χ2v) is 6.80. The van der Waals surface area contributed by atoms with Crippen molar-refractivity contribution in [2.75, 3.05) is 5.32 Å². The number of carbonyl (C=O) groups excluding carboxylic acids is 1. The lowest BCUT2D eigenvalue weighted by molar-refractivity contribution is -0.111. The molecule has 0 bridgehead atoms. The van der Waals surface area contributed by atoms with Gasteiger partial charge in [0.15, 0.2) is 0 Å². The number of aromatic nitrogens is 2. The Kier molecular flexibility index (Phi) is 4.62. The Labute approximate surface area is 156 Å². The van der Waals surface area contributed by atoms with Crippen LogP contribution in [0.2, 0.25) is 0 Å². The molecule has 0 unspecified atom stereocenters. The van der Waals surface area contributed by atoms with Crippen LogP contribution in [0.3, 0.4) is 0 Å². The third kappa shape index (κ3) is 3.69. The van der Waals surface area contributed by atoms with Crippen LogP contribution in [0.4, 0.5) is 5.69 Å². The van der Waals surface area contributed by atoms with Crippen LogP contribution in [-0.4, -0.2) is 15.5 Å². The van der Waals surface area contributed by atoms with Crippen molar-refractivity contribution < 1.29 is 9.21 Å². The average Bonchev–Trinajstić information content (AvgIpc) is 2.93. The first-order valence-electron chi connectivity index (χ1n) is 9.19. The first-order chi connectivity index (χ1) is 13.1. The van der Waals surface area contributed by atoms with Crippen molar-refractivity contribution in [1.29, 1.82) is 0 Å². The van der Waals surface area contributed by atoms with E-state index in [1.165, 1.54) is 6.08 Å². The van der Waals surface area contributed by atoms with Gasteiger partial charge in [0.05, 0.1) is 10.9 Å². The predicted octanol–water partition coefficient (Wildman–Crippen LogP) is 3.68. The summed E-state index contributed by atoms with van der Waals surface area (Å²) in [6.45, 7) is 2.55. The van der Waals surface area contributed by atoms with Gasteiger partial charge in [-0.25, -0.2) is 4.98 Å². The van der Waals surface area contributed by atoms with E-state index in [1.807, 2.05) is 13.0 Å². The van der Waals surface area contributed by atoms with Crippen LogP contribution >= 0.6 is 0 Å². The number of nitrogens with zero attached hydrogens (tertiary/aromatic N) is 2. The summed E-state index contributed by atoms with van der Waals surface area (Å²) in [6, 6.07) is 8.90. The van der Waals surface area contributed by atoms with Crippen molar-refractivity contribution in [2.24, 2.45) is 0 Å². The molecule has 1 amide bonds. The molecular formula is C21H21N3O3. The second-order valence-electron chi connectivity index (χ2n) is 6.80. The number of rotatable bonds is 3. The number of aryl methyl sites for hydroxylation is 2. The summed E-state index contributed by atoms with van der Waals surface area (Å²) in [4.78, 5) is 29.7. The molecule has 0 saturated carbocycles. The molecule has 0 fully saturated rings. The number of nitrogens with one attached hydrogen (secondary N) is 1. The third-order valence-corrected chi connectivity index (χ3v) is 4.74. The number of carbonyl (C=O) groups is 1. The number of fused-ring (bicyclic) bond motifs is 2. The molecule has 1 aromatic carbocycles. The summed E-state index contributed by atoms with van der Waals surface area (Å²) >= 11 is 0. The molecule has 1 N–H and O–H groups in total. The minimum Gasteiger partial charge on any atom is -0.462 e. The van der Waals surface area contributed by atoms with E-state index in [4.69, 9.17) is 4.42 Å². The van der Waals surface area contributed by atoms with E-state index >= 15 is 0 Å². The highest BCUT2D eigenvalue weighted by Gasteiger charge is 2.14. The van der Waals surface area contributed by atoms with Crippen LogP contribution in [0, 0.1) is 6.92 Å². The van der Waals surface area contributed by atoms with E-state index in [1.54, 1.807) is 34.9 Å². The van der Waals surface area contributed by atoms with E-state index in [0.29, 0.717) is 28.9 Å². The largest absolute Gasteiger partial charge is 0.462 e. The monoisotopic (exact) mass is 363 g/mol. The lowest BCUT2D eigenvalue weighted by Gasteiger charge is -2.11. The fourth-order valence-electron chi connectivity index (χ4n) is 3.38. The molecular weight excluding hydrogens is 342 g/mol. The zero-order valence-electron chi connectivity index (χ0n) is 15.2. The van der Waals surface area contributed by atoms with E-state index in [2.05, 4.69) is 10.3 Å². The maximum absolute atomic E-state index is 12.9. The van der Waals surface area contributed by atoms with E-state index in [-0.39, 0.29) is 11.5 Å². The molecule has 27 heavy (non-hydrogen) atoms. The van der Waals surface area contributed by atoms with Gasteiger partial charge in [0.25, 0.3) is 5.56 Å². The van der Waals surface area contributed by atoms with E-state index < -0.39 is 0 Å². The molecule has 1 aliphatic heterocycles. The molecule has 0 saturated heterocycles. The SMILES string of the molecule is Cc1ccc(/C=C/C(=O)Nc2ccc3nc4n(c(=O)c3c2)CCCCC4)o1. The van der Waals surface area contributed by atoms with Crippen LogP contribution in [0.1, 0.15) is 36.6 Å². The lowest BCUT2D eigenvalue weighted by atomic mass is 10.2. The van der Waals surface area contributed by atoms with Crippen LogP contribution in [0.15, 0.2) is 45.6 Å². The van der Waals surface area contributed by atoms with Crippen LogP contribution in [0.5, 0.6) is 0 Å². The quantitative estimate of drug-likeness (QED) is 0.720. The highest BCUT2D eigenvalue weighted by molar-refractivity contribution is 6.02. The van der Waals surface area contributed by atoms with Crippen molar-refractivity contribution in [3.05, 3.63) is 64.1 Å². The Balaban J connectivity index is 1.59. The molecule has 6 heteroatoms. The molecule has 1 aliphatic rings. The van der Waals surface area contributed by atoms with Gasteiger partial charge >= 0.3 is 0 Å². The van der Waals surface area contributed by atoms with Crippen LogP contribution in [-0.2, 0) is 17.8 Å². The van der Waals surface area contributed by atoms with Crippen molar-refractivity contribution in [3.8, 4) is 0 Å². The number of benzene rings is 1. The van der Waals surface area contributed by atoms with Gasteiger partial charge in [-0.15, -0.1) is 0 Å². The van der Waals surface area contributed by atoms with Gasteiger partial charge in [-0.2, -0.15) is 0 Å². The first-order valence-corrected chi connectivity index (χ1v) is 9.19. The number of hydrogen-bond donors (Lipinski definition) is 1. The second kappa shape index (κ2) is 7.23. The molecule has 0 atom stereocenters. The standard InChI is InChI=1S/C21H21N3O3/c1-14-6-8-16(27-14)9-11-20(25)22-15-7-10-18-17(13-15)21(26)24-12-4-2-3-5-19(24)23-18/h6-11,13H,2-5,12H2,1H3,(H,22,25)/b11-9+. The molecule has 2 aromatic heterocycles. The summed E-state index contributed by atoms with van der Waals surface area (Å²) in [5, 5.41) is 3.32. The first kappa shape index (κ1) is 17.3. The Morgan fingerprint density at radius 2 is 2.11 bits per heavy atom. The van der Waals surface area contributed by atoms with Gasteiger partial charge < -0.3 is 9.73 Å². The Morgan fingerprint density at radius 3 is 2.93 bits per heavy atom. The molecule has 3 aromatic rings. The lowest BCUT2D eigenvalue weighted by Crippen LogP contribution is -2.24. The number of hydrogen-bond acceptors (Lipinski definition) is 4. The van der Waals surface area contributed by atoms with Crippen molar-refractivity contribution >= 4 is 28.6 Å². The summed E-state index contributed by atoms with van der Waals surface area (Å²) in [7, 11) is 0. The minimum absolute atomic E-state index is 0.0328. The molecule has 3 heterocycles. The van der Waals surface area contributed by atoms with Crippen LogP contribution < -0.4 is 10.9 Å². The van der Waals surface area contributed by atoms with Gasteiger partial charge in [0.2, 0.25) is 5.91 Å². The highest BCUT2D eigenvalue weighted by Crippen LogP contribution is 2.18. The topological polar surface area (TPSA) is 77.1 Å². The van der Waals surface area contributed by atoms with Gasteiger partial charge in [-0.05, 0) is 56.2 Å². The van der Waals surface area contributed by atoms with Gasteiger partial charge in [0.1, 0.15) is 17.3 Å². The number of anilines is 1. The summed E-state index contributed by atoms with van der Waals surface area (Å²) in [5.41, 5.74) is 1.21. The Hall–Kier alpha value is -3.15. The van der Waals surface area contributed by atoms with Crippen LogP contribution in [0.25, 0.3) is 17.0 Å².